The molecule has 1 saturated heterocycles. The maximum Gasteiger partial charge on any atom is 0.225 e. The van der Waals surface area contributed by atoms with Gasteiger partial charge in [0.1, 0.15) is 18.1 Å². The minimum Gasteiger partial charge on any atom is -0.497 e. The minimum absolute atomic E-state index is 0.140. The van der Waals surface area contributed by atoms with E-state index in [1.54, 1.807) is 20.2 Å². The second kappa shape index (κ2) is 9.33. The fourth-order valence-electron chi connectivity index (χ4n) is 4.42. The smallest absolute Gasteiger partial charge is 0.225 e. The second-order valence-electron chi connectivity index (χ2n) is 8.34. The molecule has 2 aromatic rings. The van der Waals surface area contributed by atoms with E-state index in [-0.39, 0.29) is 11.8 Å². The van der Waals surface area contributed by atoms with Crippen molar-refractivity contribution in [3.05, 3.63) is 63.7 Å². The monoisotopic (exact) mass is 440 g/mol. The summed E-state index contributed by atoms with van der Waals surface area (Å²) in [5, 5.41) is 3.38. The molecule has 1 N–H and O–H groups in total. The van der Waals surface area contributed by atoms with E-state index < -0.39 is 0 Å². The van der Waals surface area contributed by atoms with Crippen LogP contribution in [0, 0.1) is 5.92 Å². The van der Waals surface area contributed by atoms with Crippen LogP contribution in [0.4, 0.5) is 0 Å². The van der Waals surface area contributed by atoms with Gasteiger partial charge in [-0.3, -0.25) is 9.69 Å². The van der Waals surface area contributed by atoms with Crippen LogP contribution in [0.2, 0.25) is 5.02 Å². The number of carbonyl (C=O) groups excluding carboxylic acids is 1. The summed E-state index contributed by atoms with van der Waals surface area (Å²) in [5.74, 6) is 1.89. The number of ether oxygens (including phenoxy) is 2. The fraction of sp³-hybridized carbons (Fsp3) is 0.400. The molecule has 164 valence electrons. The molecule has 0 aromatic heterocycles. The normalized spacial score (nSPS) is 16.5. The summed E-state index contributed by atoms with van der Waals surface area (Å²) in [6, 6.07) is 12.0. The molecule has 0 atom stereocenters. The zero-order chi connectivity index (χ0) is 22.0. The van der Waals surface area contributed by atoms with Crippen molar-refractivity contribution in [1.29, 1.82) is 0 Å². The lowest BCUT2D eigenvalue weighted by Gasteiger charge is -2.39. The van der Waals surface area contributed by atoms with Crippen molar-refractivity contribution >= 4 is 23.1 Å². The first-order valence-corrected chi connectivity index (χ1v) is 11.1. The first kappa shape index (κ1) is 21.7. The molecule has 1 fully saturated rings. The first-order chi connectivity index (χ1) is 15.0. The third-order valence-corrected chi connectivity index (χ3v) is 6.49. The molecule has 1 heterocycles. The number of nitrogens with one attached hydrogen (secondary N) is 1. The van der Waals surface area contributed by atoms with Crippen LogP contribution in [0.5, 0.6) is 11.5 Å². The Labute approximate surface area is 189 Å². The summed E-state index contributed by atoms with van der Waals surface area (Å²) in [6.45, 7) is 5.31. The van der Waals surface area contributed by atoms with Crippen LogP contribution < -0.4 is 14.8 Å². The fourth-order valence-corrected chi connectivity index (χ4v) is 4.67. The van der Waals surface area contributed by atoms with Gasteiger partial charge in [0.05, 0.1) is 13.0 Å². The zero-order valence-electron chi connectivity index (χ0n) is 18.3. The van der Waals surface area contributed by atoms with Gasteiger partial charge in [0, 0.05) is 31.7 Å². The topological polar surface area (TPSA) is 50.8 Å². The van der Waals surface area contributed by atoms with Crippen molar-refractivity contribution in [2.24, 2.45) is 5.92 Å². The zero-order valence-corrected chi connectivity index (χ0v) is 19.1. The number of likely N-dealkylation sites (tertiary alicyclic amines) is 1. The van der Waals surface area contributed by atoms with E-state index in [1.807, 2.05) is 18.2 Å². The summed E-state index contributed by atoms with van der Waals surface area (Å²) < 4.78 is 11.3. The van der Waals surface area contributed by atoms with Gasteiger partial charge in [-0.25, -0.2) is 0 Å². The molecule has 0 unspecified atom stereocenters. The van der Waals surface area contributed by atoms with Gasteiger partial charge in [0.15, 0.2) is 0 Å². The molecule has 1 aliphatic heterocycles. The number of nitrogens with zero attached hydrogens (tertiary/aromatic N) is 1. The summed E-state index contributed by atoms with van der Waals surface area (Å²) in [5.41, 5.74) is 6.44. The summed E-state index contributed by atoms with van der Waals surface area (Å²) >= 11 is 6.15. The average Bonchev–Trinajstić information content (AvgIpc) is 2.75. The molecule has 31 heavy (non-hydrogen) atoms. The predicted octanol–water partition coefficient (Wildman–Crippen LogP) is 4.33. The van der Waals surface area contributed by atoms with Crippen molar-refractivity contribution in [1.82, 2.24) is 10.2 Å². The molecular formula is C25H29ClN2O3. The Morgan fingerprint density at radius 3 is 2.71 bits per heavy atom. The van der Waals surface area contributed by atoms with Crippen LogP contribution in [-0.4, -0.2) is 44.6 Å². The standard InChI is InChI=1S/C25H29ClN2O3/c1-16-19(12-28-13-20(14-28)25(29)27-2)5-4-18-10-22(6-7-24(16)18)31-15-17-8-21(26)11-23(9-17)30-3/h6-11,20H,4-5,12-15H2,1-3H3,(H,27,29). The van der Waals surface area contributed by atoms with Gasteiger partial charge in [-0.2, -0.15) is 0 Å². The summed E-state index contributed by atoms with van der Waals surface area (Å²) in [6.07, 6.45) is 2.06. The van der Waals surface area contributed by atoms with E-state index in [0.717, 1.165) is 49.5 Å². The van der Waals surface area contributed by atoms with Crippen molar-refractivity contribution in [2.75, 3.05) is 33.8 Å². The molecule has 1 amide bonds. The van der Waals surface area contributed by atoms with Crippen LogP contribution in [-0.2, 0) is 17.8 Å². The number of hydrogen-bond donors (Lipinski definition) is 1. The number of allylic oxidation sites excluding steroid dienone is 1. The number of fused-ring (bicyclic) bond motifs is 1. The molecule has 5 nitrogen and oxygen atoms in total. The van der Waals surface area contributed by atoms with Gasteiger partial charge in [0.2, 0.25) is 5.91 Å². The minimum atomic E-state index is 0.140. The Kier molecular flexibility index (Phi) is 6.54. The molecule has 0 radical (unpaired) electrons. The van der Waals surface area contributed by atoms with Gasteiger partial charge < -0.3 is 14.8 Å². The van der Waals surface area contributed by atoms with E-state index in [4.69, 9.17) is 21.1 Å². The maximum atomic E-state index is 11.7. The van der Waals surface area contributed by atoms with E-state index in [9.17, 15) is 4.79 Å². The van der Waals surface area contributed by atoms with Gasteiger partial charge in [-0.05, 0) is 72.4 Å². The van der Waals surface area contributed by atoms with E-state index in [1.165, 1.54) is 22.3 Å². The number of methoxy groups -OCH3 is 1. The van der Waals surface area contributed by atoms with Gasteiger partial charge in [-0.15, -0.1) is 0 Å². The Bertz CT molecular complexity index is 1010. The van der Waals surface area contributed by atoms with Crippen LogP contribution >= 0.6 is 11.6 Å². The quantitative estimate of drug-likeness (QED) is 0.696. The van der Waals surface area contributed by atoms with Crippen molar-refractivity contribution in [3.8, 4) is 11.5 Å². The van der Waals surface area contributed by atoms with E-state index in [2.05, 4.69) is 29.3 Å². The lowest BCUT2D eigenvalue weighted by molar-refractivity contribution is -0.129. The lowest BCUT2D eigenvalue weighted by atomic mass is 9.85. The highest BCUT2D eigenvalue weighted by Gasteiger charge is 2.32. The molecule has 0 spiro atoms. The largest absolute Gasteiger partial charge is 0.497 e. The third kappa shape index (κ3) is 4.89. The molecule has 2 aliphatic rings. The number of aryl methyl sites for hydroxylation is 1. The average molecular weight is 441 g/mol. The molecular weight excluding hydrogens is 412 g/mol. The van der Waals surface area contributed by atoms with Crippen molar-refractivity contribution < 1.29 is 14.3 Å². The number of rotatable bonds is 7. The highest BCUT2D eigenvalue weighted by Crippen LogP contribution is 2.35. The highest BCUT2D eigenvalue weighted by molar-refractivity contribution is 6.30. The maximum absolute atomic E-state index is 11.7. The molecule has 4 rings (SSSR count). The Hall–Kier alpha value is -2.50. The first-order valence-electron chi connectivity index (χ1n) is 10.7. The Morgan fingerprint density at radius 2 is 1.97 bits per heavy atom. The number of benzene rings is 2. The predicted molar refractivity (Wildman–Crippen MR) is 124 cm³/mol. The van der Waals surface area contributed by atoms with Crippen LogP contribution in [0.3, 0.4) is 0 Å². The molecule has 6 heteroatoms. The van der Waals surface area contributed by atoms with Crippen LogP contribution in [0.15, 0.2) is 42.0 Å². The summed E-state index contributed by atoms with van der Waals surface area (Å²) in [7, 11) is 3.34. The number of carbonyl (C=O) groups is 1. The SMILES string of the molecule is CNC(=O)C1CN(CC2=C(C)c3ccc(OCc4cc(Cl)cc(OC)c4)cc3CC2)C1. The molecule has 1 aliphatic carbocycles. The van der Waals surface area contributed by atoms with Gasteiger partial charge in [0.25, 0.3) is 0 Å². The number of hydrogen-bond acceptors (Lipinski definition) is 4. The molecule has 2 aromatic carbocycles. The molecule has 0 bridgehead atoms. The van der Waals surface area contributed by atoms with Gasteiger partial charge >= 0.3 is 0 Å². The third-order valence-electron chi connectivity index (χ3n) is 6.27. The second-order valence-corrected chi connectivity index (χ2v) is 8.78. The summed E-state index contributed by atoms with van der Waals surface area (Å²) in [4.78, 5) is 14.1. The van der Waals surface area contributed by atoms with Crippen molar-refractivity contribution in [2.45, 2.75) is 26.4 Å². The Morgan fingerprint density at radius 1 is 1.16 bits per heavy atom. The number of amides is 1. The van der Waals surface area contributed by atoms with Gasteiger partial charge in [-0.1, -0.05) is 23.2 Å². The van der Waals surface area contributed by atoms with E-state index >= 15 is 0 Å². The van der Waals surface area contributed by atoms with E-state index in [0.29, 0.717) is 11.6 Å². The van der Waals surface area contributed by atoms with Crippen molar-refractivity contribution in [3.63, 3.8) is 0 Å². The highest BCUT2D eigenvalue weighted by atomic mass is 35.5. The lowest BCUT2D eigenvalue weighted by Crippen LogP contribution is -2.53. The van der Waals surface area contributed by atoms with Crippen LogP contribution in [0.25, 0.3) is 5.57 Å². The Balaban J connectivity index is 1.40. The van der Waals surface area contributed by atoms with Crippen LogP contribution in [0.1, 0.15) is 30.0 Å². The number of halogens is 1. The molecule has 0 saturated carbocycles.